The van der Waals surface area contributed by atoms with Crippen molar-refractivity contribution < 1.29 is 27.4 Å². The molecule has 4 saturated heterocycles. The standard InChI is InChI=1S/C50H61F3N6O3Si/c1-29(2)63(30(3)4,31(5)6)18-17-34-13-12-14-35-19-36(45(52)53)20-39(41(34)35)43-42(51)44-40(23-54-43)46(57-26-37-15-16-38(27-57)59(37)48(60)62-49(9,10)11)56-47(55-44)61-28-50-21-32(7)24-58(50)25-33(8)22-50/h12-14,19-20,23,29-31,37-38,45H,7-8,15-16,21-22,24-28H2,1-6,9-11H3/t37-,38+. The number of anilines is 1. The quantitative estimate of drug-likeness (QED) is 0.0934. The van der Waals surface area contributed by atoms with Crippen LogP contribution >= 0.6 is 0 Å². The molecule has 13 heteroatoms. The van der Waals surface area contributed by atoms with Crippen molar-refractivity contribution >= 4 is 41.7 Å². The molecule has 0 N–H and O–H groups in total. The van der Waals surface area contributed by atoms with E-state index in [1.54, 1.807) is 12.3 Å². The summed E-state index contributed by atoms with van der Waals surface area (Å²) < 4.78 is 59.5. The Kier molecular flexibility index (Phi) is 11.7. The lowest BCUT2D eigenvalue weighted by atomic mass is 9.92. The van der Waals surface area contributed by atoms with E-state index < -0.39 is 25.9 Å². The van der Waals surface area contributed by atoms with E-state index >= 15 is 4.39 Å². The second kappa shape index (κ2) is 16.6. The van der Waals surface area contributed by atoms with E-state index in [2.05, 4.69) is 76.0 Å². The Morgan fingerprint density at radius 1 is 0.968 bits per heavy atom. The number of carbonyl (C=O) groups excluding carboxylic acids is 1. The van der Waals surface area contributed by atoms with Crippen LogP contribution in [-0.2, 0) is 4.74 Å². The fourth-order valence-corrected chi connectivity index (χ4v) is 16.5. The van der Waals surface area contributed by atoms with Crippen LogP contribution < -0.4 is 9.64 Å². The third-order valence-corrected chi connectivity index (χ3v) is 20.2. The molecule has 2 aromatic carbocycles. The van der Waals surface area contributed by atoms with Gasteiger partial charge in [0.1, 0.15) is 37.3 Å². The number of benzene rings is 2. The lowest BCUT2D eigenvalue weighted by Gasteiger charge is -2.42. The molecule has 1 amide bonds. The number of pyridine rings is 1. The number of hydrogen-bond donors (Lipinski definition) is 0. The summed E-state index contributed by atoms with van der Waals surface area (Å²) in [6.45, 7) is 30.1. The molecule has 0 spiro atoms. The first-order valence-corrected chi connectivity index (χ1v) is 24.7. The Labute approximate surface area is 371 Å². The van der Waals surface area contributed by atoms with Gasteiger partial charge < -0.3 is 14.4 Å². The molecule has 334 valence electrons. The molecule has 4 aliphatic rings. The summed E-state index contributed by atoms with van der Waals surface area (Å²) >= 11 is 0. The van der Waals surface area contributed by atoms with Crippen molar-refractivity contribution in [3.05, 3.63) is 77.8 Å². The van der Waals surface area contributed by atoms with Crippen LogP contribution in [0.1, 0.15) is 106 Å². The molecule has 8 rings (SSSR count). The van der Waals surface area contributed by atoms with Gasteiger partial charge in [-0.3, -0.25) is 14.8 Å². The molecule has 63 heavy (non-hydrogen) atoms. The topological polar surface area (TPSA) is 83.9 Å². The lowest BCUT2D eigenvalue weighted by molar-refractivity contribution is 0.0122. The van der Waals surface area contributed by atoms with Gasteiger partial charge in [0.05, 0.1) is 23.0 Å². The van der Waals surface area contributed by atoms with Crippen molar-refractivity contribution in [2.75, 3.05) is 37.7 Å². The summed E-state index contributed by atoms with van der Waals surface area (Å²) in [5.74, 6) is 3.19. The third kappa shape index (κ3) is 8.11. The number of aromatic nitrogens is 3. The van der Waals surface area contributed by atoms with Gasteiger partial charge in [-0.05, 0) is 86.7 Å². The van der Waals surface area contributed by atoms with Crippen LogP contribution in [0.3, 0.4) is 0 Å². The van der Waals surface area contributed by atoms with Crippen molar-refractivity contribution in [2.24, 2.45) is 0 Å². The van der Waals surface area contributed by atoms with Crippen molar-refractivity contribution in [3.8, 4) is 28.7 Å². The highest BCUT2D eigenvalue weighted by molar-refractivity contribution is 6.90. The molecule has 2 aromatic heterocycles. The van der Waals surface area contributed by atoms with E-state index in [4.69, 9.17) is 24.4 Å². The van der Waals surface area contributed by atoms with Gasteiger partial charge in [-0.2, -0.15) is 9.97 Å². The molecular weight excluding hydrogens is 818 g/mol. The monoisotopic (exact) mass is 878 g/mol. The maximum atomic E-state index is 17.8. The summed E-state index contributed by atoms with van der Waals surface area (Å²) in [7, 11) is -2.21. The highest BCUT2D eigenvalue weighted by Gasteiger charge is 2.49. The smallest absolute Gasteiger partial charge is 0.410 e. The number of halogens is 3. The molecule has 0 saturated carbocycles. The number of carbonyl (C=O) groups is 1. The number of rotatable bonds is 9. The summed E-state index contributed by atoms with van der Waals surface area (Å²) in [4.78, 5) is 34.1. The number of alkyl halides is 2. The summed E-state index contributed by atoms with van der Waals surface area (Å²) in [6.07, 6.45) is 1.41. The van der Waals surface area contributed by atoms with E-state index in [0.29, 0.717) is 57.3 Å². The van der Waals surface area contributed by atoms with Crippen LogP contribution in [0.15, 0.2) is 60.8 Å². The number of piperazine rings is 1. The fourth-order valence-electron chi connectivity index (χ4n) is 11.3. The lowest BCUT2D eigenvalue weighted by Crippen LogP contribution is -2.57. The first-order valence-electron chi connectivity index (χ1n) is 22.4. The van der Waals surface area contributed by atoms with E-state index in [9.17, 15) is 13.6 Å². The zero-order chi connectivity index (χ0) is 45.3. The summed E-state index contributed by atoms with van der Waals surface area (Å²) in [6, 6.07) is 7.96. The third-order valence-electron chi connectivity index (χ3n) is 13.9. The highest BCUT2D eigenvalue weighted by Crippen LogP contribution is 2.45. The Morgan fingerprint density at radius 3 is 2.19 bits per heavy atom. The number of ether oxygens (including phenoxy) is 2. The van der Waals surface area contributed by atoms with E-state index in [-0.39, 0.29) is 58.7 Å². The van der Waals surface area contributed by atoms with Gasteiger partial charge >= 0.3 is 12.1 Å². The predicted molar refractivity (Wildman–Crippen MR) is 248 cm³/mol. The zero-order valence-electron chi connectivity index (χ0n) is 38.2. The van der Waals surface area contributed by atoms with Crippen LogP contribution in [0.4, 0.5) is 23.8 Å². The average Bonchev–Trinajstić information content (AvgIpc) is 3.77. The van der Waals surface area contributed by atoms with Gasteiger partial charge in [-0.25, -0.2) is 18.0 Å². The molecule has 6 heterocycles. The molecule has 2 atom stereocenters. The molecule has 0 unspecified atom stereocenters. The minimum Gasteiger partial charge on any atom is -0.461 e. The van der Waals surface area contributed by atoms with Gasteiger partial charge in [0.25, 0.3) is 6.43 Å². The van der Waals surface area contributed by atoms with Gasteiger partial charge in [0, 0.05) is 54.5 Å². The minimum atomic E-state index is -2.81. The second-order valence-corrected chi connectivity index (χ2v) is 25.9. The first-order chi connectivity index (χ1) is 29.7. The van der Waals surface area contributed by atoms with Crippen LogP contribution in [0.25, 0.3) is 32.9 Å². The number of nitrogens with zero attached hydrogens (tertiary/aromatic N) is 6. The molecule has 0 radical (unpaired) electrons. The van der Waals surface area contributed by atoms with Crippen molar-refractivity contribution in [1.82, 2.24) is 24.8 Å². The number of amides is 1. The Balaban J connectivity index is 1.28. The van der Waals surface area contributed by atoms with Crippen molar-refractivity contribution in [3.63, 3.8) is 0 Å². The second-order valence-electron chi connectivity index (χ2n) is 20.3. The van der Waals surface area contributed by atoms with Gasteiger partial charge in [-0.15, -0.1) is 5.54 Å². The Bertz CT molecular complexity index is 2500. The Morgan fingerprint density at radius 2 is 1.60 bits per heavy atom. The fraction of sp³-hybridized carbons (Fsp3) is 0.520. The van der Waals surface area contributed by atoms with Gasteiger partial charge in [-0.1, -0.05) is 83.9 Å². The van der Waals surface area contributed by atoms with Crippen LogP contribution in [0.5, 0.6) is 6.01 Å². The van der Waals surface area contributed by atoms with Crippen LogP contribution in [0, 0.1) is 17.3 Å². The maximum Gasteiger partial charge on any atom is 0.410 e. The highest BCUT2D eigenvalue weighted by atomic mass is 28.3. The largest absolute Gasteiger partial charge is 0.461 e. The maximum absolute atomic E-state index is 17.8. The first kappa shape index (κ1) is 44.7. The molecule has 4 aromatic rings. The average molecular weight is 879 g/mol. The van der Waals surface area contributed by atoms with E-state index in [1.165, 1.54) is 12.1 Å². The molecular formula is C50H61F3N6O3Si. The van der Waals surface area contributed by atoms with Crippen LogP contribution in [-0.4, -0.2) is 94.9 Å². The summed E-state index contributed by atoms with van der Waals surface area (Å²) in [5.41, 5.74) is 6.56. The van der Waals surface area contributed by atoms with E-state index in [1.807, 2.05) is 37.8 Å². The molecule has 0 aliphatic carbocycles. The van der Waals surface area contributed by atoms with E-state index in [0.717, 1.165) is 49.9 Å². The number of fused-ring (bicyclic) bond motifs is 5. The van der Waals surface area contributed by atoms with Gasteiger partial charge in [0.2, 0.25) is 0 Å². The normalized spacial score (nSPS) is 20.2. The van der Waals surface area contributed by atoms with Crippen molar-refractivity contribution in [1.29, 1.82) is 0 Å². The minimum absolute atomic E-state index is 0.00471. The molecule has 2 bridgehead atoms. The SMILES string of the molecule is C=C1CN2CC(=C)CC2(COc2nc(N3C[C@H]4CC[C@@H](C3)N4C(=O)OC(C)(C)C)c3cnc(-c4cc(C(F)F)cc5cccc(C#C[Si](C(C)C)(C(C)C)C(C)C)c45)c(F)c3n2)C1. The van der Waals surface area contributed by atoms with Gasteiger partial charge in [0.15, 0.2) is 5.82 Å². The molecule has 4 fully saturated rings. The Hall–Kier alpha value is -4.93. The molecule has 4 aliphatic heterocycles. The molecule has 9 nitrogen and oxygen atoms in total. The zero-order valence-corrected chi connectivity index (χ0v) is 39.2. The summed E-state index contributed by atoms with van der Waals surface area (Å²) in [5, 5.41) is 1.43. The number of hydrogen-bond acceptors (Lipinski definition) is 8. The van der Waals surface area contributed by atoms with Crippen molar-refractivity contribution in [2.45, 2.75) is 134 Å². The van der Waals surface area contributed by atoms with Crippen LogP contribution in [0.2, 0.25) is 16.6 Å². The predicted octanol–water partition coefficient (Wildman–Crippen LogP) is 11.4.